The van der Waals surface area contributed by atoms with Crippen LogP contribution in [0.5, 0.6) is 11.5 Å². The number of rotatable bonds is 4. The average molecular weight is 333 g/mol. The first kappa shape index (κ1) is 16.7. The summed E-state index contributed by atoms with van der Waals surface area (Å²) in [6.07, 6.45) is 0.343. The second kappa shape index (κ2) is 6.78. The second-order valence-corrected chi connectivity index (χ2v) is 6.19. The highest BCUT2D eigenvalue weighted by Gasteiger charge is 2.23. The van der Waals surface area contributed by atoms with Crippen LogP contribution >= 0.6 is 0 Å². The van der Waals surface area contributed by atoms with Crippen molar-refractivity contribution in [1.82, 2.24) is 14.9 Å². The first-order valence-corrected chi connectivity index (χ1v) is 8.03. The number of ether oxygens (including phenoxy) is 3. The number of nitrogens with one attached hydrogen (secondary N) is 1. The minimum Gasteiger partial charge on any atom is -0.493 e. The zero-order valence-electron chi connectivity index (χ0n) is 14.5. The second-order valence-electron chi connectivity index (χ2n) is 6.19. The van der Waals surface area contributed by atoms with E-state index in [1.54, 1.807) is 26.4 Å². The maximum Gasteiger partial charge on any atom is 0.258 e. The SMILES string of the molecule is COc1cc2nc(CN3CC(C)OC(C)C3)[nH]c(=O)c2cc1OC. The van der Waals surface area contributed by atoms with Crippen molar-refractivity contribution < 1.29 is 14.2 Å². The summed E-state index contributed by atoms with van der Waals surface area (Å²) in [6.45, 7) is 6.32. The highest BCUT2D eigenvalue weighted by atomic mass is 16.5. The fourth-order valence-electron chi connectivity index (χ4n) is 3.21. The Hall–Kier alpha value is -2.12. The number of aromatic nitrogens is 2. The number of nitrogens with zero attached hydrogens (tertiary/aromatic N) is 2. The standard InChI is InChI=1S/C17H23N3O4/c1-10-7-20(8-11(2)24-10)9-16-18-13-6-15(23-4)14(22-3)5-12(13)17(21)19-16/h5-6,10-11H,7-9H2,1-4H3,(H,18,19,21). The van der Waals surface area contributed by atoms with Gasteiger partial charge in [0.2, 0.25) is 0 Å². The van der Waals surface area contributed by atoms with Gasteiger partial charge in [0.25, 0.3) is 5.56 Å². The van der Waals surface area contributed by atoms with Gasteiger partial charge in [0.1, 0.15) is 5.82 Å². The first-order valence-electron chi connectivity index (χ1n) is 8.03. The Morgan fingerprint density at radius 1 is 1.21 bits per heavy atom. The Balaban J connectivity index is 1.93. The topological polar surface area (TPSA) is 76.7 Å². The number of methoxy groups -OCH3 is 2. The van der Waals surface area contributed by atoms with Crippen LogP contribution in [0.1, 0.15) is 19.7 Å². The molecule has 2 aromatic rings. The molecule has 1 saturated heterocycles. The maximum absolute atomic E-state index is 12.4. The number of hydrogen-bond donors (Lipinski definition) is 1. The van der Waals surface area contributed by atoms with Crippen LogP contribution in [0.15, 0.2) is 16.9 Å². The Morgan fingerprint density at radius 2 is 1.83 bits per heavy atom. The van der Waals surface area contributed by atoms with Crippen LogP contribution < -0.4 is 15.0 Å². The molecule has 0 radical (unpaired) electrons. The van der Waals surface area contributed by atoms with E-state index in [1.165, 1.54) is 0 Å². The van der Waals surface area contributed by atoms with Crippen LogP contribution in [0, 0.1) is 0 Å². The number of hydrogen-bond acceptors (Lipinski definition) is 6. The largest absolute Gasteiger partial charge is 0.493 e. The molecule has 0 aliphatic carbocycles. The molecule has 2 atom stereocenters. The fourth-order valence-corrected chi connectivity index (χ4v) is 3.21. The zero-order valence-corrected chi connectivity index (χ0v) is 14.5. The van der Waals surface area contributed by atoms with E-state index >= 15 is 0 Å². The van der Waals surface area contributed by atoms with Crippen LogP contribution in [0.2, 0.25) is 0 Å². The van der Waals surface area contributed by atoms with E-state index in [0.29, 0.717) is 34.8 Å². The molecule has 0 amide bonds. The summed E-state index contributed by atoms with van der Waals surface area (Å²) in [6, 6.07) is 3.39. The van der Waals surface area contributed by atoms with Gasteiger partial charge in [-0.1, -0.05) is 0 Å². The molecule has 2 heterocycles. The van der Waals surface area contributed by atoms with E-state index in [4.69, 9.17) is 14.2 Å². The van der Waals surface area contributed by atoms with Gasteiger partial charge in [-0.15, -0.1) is 0 Å². The van der Waals surface area contributed by atoms with E-state index in [2.05, 4.69) is 28.7 Å². The zero-order chi connectivity index (χ0) is 17.3. The van der Waals surface area contributed by atoms with Gasteiger partial charge in [-0.25, -0.2) is 4.98 Å². The predicted molar refractivity (Wildman–Crippen MR) is 90.8 cm³/mol. The highest BCUT2D eigenvalue weighted by Crippen LogP contribution is 2.30. The van der Waals surface area contributed by atoms with Crippen molar-refractivity contribution in [2.75, 3.05) is 27.3 Å². The molecule has 1 aliphatic rings. The van der Waals surface area contributed by atoms with Gasteiger partial charge in [0.05, 0.1) is 43.9 Å². The number of aromatic amines is 1. The summed E-state index contributed by atoms with van der Waals surface area (Å²) in [5.41, 5.74) is 0.422. The highest BCUT2D eigenvalue weighted by molar-refractivity contribution is 5.81. The molecule has 0 spiro atoms. The minimum atomic E-state index is -0.176. The van der Waals surface area contributed by atoms with Crippen LogP contribution in [-0.4, -0.2) is 54.4 Å². The van der Waals surface area contributed by atoms with Crippen molar-refractivity contribution in [3.8, 4) is 11.5 Å². The maximum atomic E-state index is 12.4. The first-order chi connectivity index (χ1) is 11.5. The van der Waals surface area contributed by atoms with Crippen LogP contribution in [0.3, 0.4) is 0 Å². The van der Waals surface area contributed by atoms with Crippen molar-refractivity contribution in [3.05, 3.63) is 28.3 Å². The van der Waals surface area contributed by atoms with Crippen molar-refractivity contribution >= 4 is 10.9 Å². The molecule has 7 nitrogen and oxygen atoms in total. The Morgan fingerprint density at radius 3 is 2.46 bits per heavy atom. The van der Waals surface area contributed by atoms with E-state index in [0.717, 1.165) is 13.1 Å². The molecular formula is C17H23N3O4. The molecule has 1 aromatic heterocycles. The van der Waals surface area contributed by atoms with E-state index in [9.17, 15) is 4.79 Å². The minimum absolute atomic E-state index is 0.172. The molecule has 24 heavy (non-hydrogen) atoms. The van der Waals surface area contributed by atoms with Crippen LogP contribution in [0.4, 0.5) is 0 Å². The van der Waals surface area contributed by atoms with Gasteiger partial charge in [-0.2, -0.15) is 0 Å². The molecule has 1 fully saturated rings. The lowest BCUT2D eigenvalue weighted by atomic mass is 10.2. The van der Waals surface area contributed by atoms with Gasteiger partial charge in [0, 0.05) is 19.2 Å². The molecule has 0 saturated carbocycles. The van der Waals surface area contributed by atoms with Gasteiger partial charge < -0.3 is 19.2 Å². The molecule has 1 N–H and O–H groups in total. The Labute approximate surface area is 140 Å². The summed E-state index contributed by atoms with van der Waals surface area (Å²) in [5, 5.41) is 0.486. The smallest absolute Gasteiger partial charge is 0.258 e. The molecule has 1 aromatic carbocycles. The summed E-state index contributed by atoms with van der Waals surface area (Å²) in [5.74, 6) is 1.71. The molecule has 1 aliphatic heterocycles. The quantitative estimate of drug-likeness (QED) is 0.915. The molecule has 130 valence electrons. The van der Waals surface area contributed by atoms with Gasteiger partial charge >= 0.3 is 0 Å². The average Bonchev–Trinajstić information content (AvgIpc) is 2.52. The molecule has 7 heteroatoms. The third kappa shape index (κ3) is 3.37. The van der Waals surface area contributed by atoms with Crippen LogP contribution in [0.25, 0.3) is 10.9 Å². The molecule has 0 bridgehead atoms. The van der Waals surface area contributed by atoms with Crippen LogP contribution in [-0.2, 0) is 11.3 Å². The number of benzene rings is 1. The van der Waals surface area contributed by atoms with Crippen molar-refractivity contribution in [3.63, 3.8) is 0 Å². The van der Waals surface area contributed by atoms with Gasteiger partial charge in [-0.05, 0) is 19.9 Å². The third-order valence-corrected chi connectivity index (χ3v) is 4.13. The molecule has 3 rings (SSSR count). The molecule has 2 unspecified atom stereocenters. The molecular weight excluding hydrogens is 310 g/mol. The third-order valence-electron chi connectivity index (χ3n) is 4.13. The van der Waals surface area contributed by atoms with E-state index in [1.807, 2.05) is 0 Å². The summed E-state index contributed by atoms with van der Waals surface area (Å²) in [4.78, 5) is 22.1. The van der Waals surface area contributed by atoms with Crippen molar-refractivity contribution in [2.45, 2.75) is 32.6 Å². The van der Waals surface area contributed by atoms with E-state index in [-0.39, 0.29) is 17.8 Å². The lowest BCUT2D eigenvalue weighted by Gasteiger charge is -2.34. The lowest BCUT2D eigenvalue weighted by Crippen LogP contribution is -2.45. The number of morpholine rings is 1. The normalized spacial score (nSPS) is 21.8. The monoisotopic (exact) mass is 333 g/mol. The number of H-pyrrole nitrogens is 1. The Kier molecular flexibility index (Phi) is 4.73. The number of fused-ring (bicyclic) bond motifs is 1. The lowest BCUT2D eigenvalue weighted by molar-refractivity contribution is -0.0710. The van der Waals surface area contributed by atoms with Crippen molar-refractivity contribution in [2.24, 2.45) is 0 Å². The van der Waals surface area contributed by atoms with Gasteiger partial charge in [-0.3, -0.25) is 9.69 Å². The summed E-state index contributed by atoms with van der Waals surface area (Å²) in [7, 11) is 3.11. The summed E-state index contributed by atoms with van der Waals surface area (Å²) < 4.78 is 16.3. The van der Waals surface area contributed by atoms with Gasteiger partial charge in [0.15, 0.2) is 11.5 Å². The fraction of sp³-hybridized carbons (Fsp3) is 0.529. The van der Waals surface area contributed by atoms with Crippen molar-refractivity contribution in [1.29, 1.82) is 0 Å². The summed E-state index contributed by atoms with van der Waals surface area (Å²) >= 11 is 0. The Bertz CT molecular complexity index is 779. The predicted octanol–water partition coefficient (Wildman–Crippen LogP) is 1.55. The van der Waals surface area contributed by atoms with E-state index < -0.39 is 0 Å².